The fourth-order valence-corrected chi connectivity index (χ4v) is 2.38. The number of hydrogen-bond donors (Lipinski definition) is 1. The first-order valence-corrected chi connectivity index (χ1v) is 6.26. The van der Waals surface area contributed by atoms with E-state index in [2.05, 4.69) is 15.1 Å². The number of rotatable bonds is 2. The summed E-state index contributed by atoms with van der Waals surface area (Å²) in [5.41, 5.74) is 8.15. The van der Waals surface area contributed by atoms with Gasteiger partial charge in [0.1, 0.15) is 23.6 Å². The van der Waals surface area contributed by atoms with E-state index in [1.165, 1.54) is 6.33 Å². The second kappa shape index (κ2) is 4.64. The van der Waals surface area contributed by atoms with E-state index in [-0.39, 0.29) is 0 Å². The summed E-state index contributed by atoms with van der Waals surface area (Å²) >= 11 is 6.16. The van der Waals surface area contributed by atoms with Crippen LogP contribution in [0.25, 0.3) is 22.3 Å². The highest BCUT2D eigenvalue weighted by molar-refractivity contribution is 6.32. The van der Waals surface area contributed by atoms with Crippen LogP contribution < -0.4 is 10.5 Å². The number of methoxy groups -OCH3 is 1. The number of nitrogens with zero attached hydrogens (tertiary/aromatic N) is 4. The molecule has 0 amide bonds. The smallest absolute Gasteiger partial charge is 0.163 e. The Kier molecular flexibility index (Phi) is 2.94. The van der Waals surface area contributed by atoms with Crippen molar-refractivity contribution < 1.29 is 4.74 Å². The molecule has 7 heteroatoms. The highest BCUT2D eigenvalue weighted by atomic mass is 35.5. The van der Waals surface area contributed by atoms with Crippen LogP contribution in [-0.4, -0.2) is 26.9 Å². The Morgan fingerprint density at radius 3 is 2.80 bits per heavy atom. The van der Waals surface area contributed by atoms with E-state index in [1.54, 1.807) is 23.9 Å². The van der Waals surface area contributed by atoms with Gasteiger partial charge in [0.2, 0.25) is 0 Å². The van der Waals surface area contributed by atoms with Gasteiger partial charge in [0.25, 0.3) is 0 Å². The predicted octanol–water partition coefficient (Wildman–Crippen LogP) is 2.27. The number of ether oxygens (including phenoxy) is 1. The van der Waals surface area contributed by atoms with E-state index in [4.69, 9.17) is 22.1 Å². The standard InChI is InChI=1S/C13H12ClN5O/c1-19-13-10(12(15)16-6-17-13)11(18-19)7-3-4-9(20-2)8(14)5-7/h3-6H,1-2H3,(H2,15,16,17). The van der Waals surface area contributed by atoms with E-state index in [1.807, 2.05) is 13.1 Å². The van der Waals surface area contributed by atoms with Crippen LogP contribution in [0.2, 0.25) is 5.02 Å². The highest BCUT2D eigenvalue weighted by Crippen LogP contribution is 2.34. The zero-order valence-corrected chi connectivity index (χ0v) is 11.7. The van der Waals surface area contributed by atoms with Crippen molar-refractivity contribution in [2.75, 3.05) is 12.8 Å². The zero-order chi connectivity index (χ0) is 14.3. The number of fused-ring (bicyclic) bond motifs is 1. The molecule has 0 atom stereocenters. The number of benzene rings is 1. The van der Waals surface area contributed by atoms with Crippen LogP contribution in [0.4, 0.5) is 5.82 Å². The summed E-state index contributed by atoms with van der Waals surface area (Å²) in [6.07, 6.45) is 1.42. The van der Waals surface area contributed by atoms with E-state index in [0.717, 1.165) is 10.9 Å². The molecule has 20 heavy (non-hydrogen) atoms. The number of halogens is 1. The van der Waals surface area contributed by atoms with Crippen molar-refractivity contribution in [1.29, 1.82) is 0 Å². The van der Waals surface area contributed by atoms with Crippen LogP contribution in [0, 0.1) is 0 Å². The van der Waals surface area contributed by atoms with Gasteiger partial charge in [-0.1, -0.05) is 11.6 Å². The number of nitrogens with two attached hydrogens (primary N) is 1. The molecular formula is C13H12ClN5O. The molecule has 2 N–H and O–H groups in total. The SMILES string of the molecule is COc1ccc(-c2nn(C)c3ncnc(N)c23)cc1Cl. The topological polar surface area (TPSA) is 78.8 Å². The van der Waals surface area contributed by atoms with Gasteiger partial charge in [0.15, 0.2) is 5.65 Å². The molecule has 1 aromatic carbocycles. The lowest BCUT2D eigenvalue weighted by molar-refractivity contribution is 0.415. The van der Waals surface area contributed by atoms with Crippen molar-refractivity contribution in [3.05, 3.63) is 29.5 Å². The Balaban J connectivity index is 2.27. The van der Waals surface area contributed by atoms with Crippen molar-refractivity contribution in [2.24, 2.45) is 7.05 Å². The quantitative estimate of drug-likeness (QED) is 0.783. The molecule has 102 valence electrons. The monoisotopic (exact) mass is 289 g/mol. The van der Waals surface area contributed by atoms with E-state index in [0.29, 0.717) is 27.9 Å². The predicted molar refractivity (Wildman–Crippen MR) is 77.7 cm³/mol. The Hall–Kier alpha value is -2.34. The number of aromatic nitrogens is 4. The van der Waals surface area contributed by atoms with Crippen molar-refractivity contribution >= 4 is 28.5 Å². The minimum Gasteiger partial charge on any atom is -0.495 e. The fourth-order valence-electron chi connectivity index (χ4n) is 2.13. The van der Waals surface area contributed by atoms with Gasteiger partial charge in [-0.15, -0.1) is 0 Å². The van der Waals surface area contributed by atoms with Gasteiger partial charge < -0.3 is 10.5 Å². The molecule has 2 aromatic heterocycles. The number of anilines is 1. The number of aryl methyl sites for hydroxylation is 1. The van der Waals surface area contributed by atoms with Crippen molar-refractivity contribution in [3.63, 3.8) is 0 Å². The third-order valence-corrected chi connectivity index (χ3v) is 3.37. The largest absolute Gasteiger partial charge is 0.495 e. The summed E-state index contributed by atoms with van der Waals surface area (Å²) in [5.74, 6) is 1.00. The molecule has 0 saturated carbocycles. The second-order valence-corrected chi connectivity index (χ2v) is 4.69. The summed E-state index contributed by atoms with van der Waals surface area (Å²) in [4.78, 5) is 8.21. The van der Waals surface area contributed by atoms with E-state index < -0.39 is 0 Å². The van der Waals surface area contributed by atoms with Crippen molar-refractivity contribution in [2.45, 2.75) is 0 Å². The number of hydrogen-bond acceptors (Lipinski definition) is 5. The zero-order valence-electron chi connectivity index (χ0n) is 11.0. The van der Waals surface area contributed by atoms with Crippen molar-refractivity contribution in [1.82, 2.24) is 19.7 Å². The summed E-state index contributed by atoms with van der Waals surface area (Å²) in [7, 11) is 3.38. The molecule has 0 aliphatic rings. The maximum atomic E-state index is 6.16. The van der Waals surface area contributed by atoms with Crippen LogP contribution >= 0.6 is 11.6 Å². The van der Waals surface area contributed by atoms with Gasteiger partial charge in [-0.3, -0.25) is 0 Å². The lowest BCUT2D eigenvalue weighted by Crippen LogP contribution is -1.95. The maximum absolute atomic E-state index is 6.16. The molecular weight excluding hydrogens is 278 g/mol. The summed E-state index contributed by atoms with van der Waals surface area (Å²) < 4.78 is 6.81. The summed E-state index contributed by atoms with van der Waals surface area (Å²) in [5, 5.41) is 5.68. The van der Waals surface area contributed by atoms with Crippen LogP contribution in [-0.2, 0) is 7.05 Å². The minimum atomic E-state index is 0.394. The molecule has 0 saturated heterocycles. The van der Waals surface area contributed by atoms with Crippen LogP contribution in [0.1, 0.15) is 0 Å². The molecule has 3 rings (SSSR count). The molecule has 0 radical (unpaired) electrons. The average molecular weight is 290 g/mol. The summed E-state index contributed by atoms with van der Waals surface area (Å²) in [6.45, 7) is 0. The Labute approximate surface area is 120 Å². The van der Waals surface area contributed by atoms with Crippen LogP contribution in [0.3, 0.4) is 0 Å². The normalized spacial score (nSPS) is 10.9. The average Bonchev–Trinajstić information content (AvgIpc) is 2.78. The Morgan fingerprint density at radius 2 is 2.10 bits per heavy atom. The van der Waals surface area contributed by atoms with E-state index in [9.17, 15) is 0 Å². The first-order valence-electron chi connectivity index (χ1n) is 5.89. The molecule has 0 unspecified atom stereocenters. The van der Waals surface area contributed by atoms with Gasteiger partial charge in [-0.2, -0.15) is 5.10 Å². The highest BCUT2D eigenvalue weighted by Gasteiger charge is 2.16. The van der Waals surface area contributed by atoms with Gasteiger partial charge >= 0.3 is 0 Å². The third kappa shape index (κ3) is 1.85. The van der Waals surface area contributed by atoms with Gasteiger partial charge in [-0.25, -0.2) is 14.6 Å². The Morgan fingerprint density at radius 1 is 1.30 bits per heavy atom. The molecule has 0 spiro atoms. The maximum Gasteiger partial charge on any atom is 0.163 e. The first-order chi connectivity index (χ1) is 9.61. The molecule has 0 aliphatic carbocycles. The Bertz CT molecular complexity index is 799. The molecule has 6 nitrogen and oxygen atoms in total. The lowest BCUT2D eigenvalue weighted by Gasteiger charge is -2.05. The van der Waals surface area contributed by atoms with Gasteiger partial charge in [0, 0.05) is 12.6 Å². The molecule has 2 heterocycles. The molecule has 0 bridgehead atoms. The second-order valence-electron chi connectivity index (χ2n) is 4.28. The van der Waals surface area contributed by atoms with Crippen LogP contribution in [0.5, 0.6) is 5.75 Å². The van der Waals surface area contributed by atoms with Gasteiger partial charge in [-0.05, 0) is 18.2 Å². The van der Waals surface area contributed by atoms with Crippen LogP contribution in [0.15, 0.2) is 24.5 Å². The molecule has 3 aromatic rings. The third-order valence-electron chi connectivity index (χ3n) is 3.08. The van der Waals surface area contributed by atoms with E-state index >= 15 is 0 Å². The van der Waals surface area contributed by atoms with Gasteiger partial charge in [0.05, 0.1) is 17.5 Å². The first kappa shape index (κ1) is 12.7. The lowest BCUT2D eigenvalue weighted by atomic mass is 10.1. The minimum absolute atomic E-state index is 0.394. The molecule has 0 aliphatic heterocycles. The van der Waals surface area contributed by atoms with Crippen molar-refractivity contribution in [3.8, 4) is 17.0 Å². The number of nitrogen functional groups attached to an aromatic ring is 1. The molecule has 0 fully saturated rings. The summed E-state index contributed by atoms with van der Waals surface area (Å²) in [6, 6.07) is 5.45. The fraction of sp³-hybridized carbons (Fsp3) is 0.154.